The molecule has 0 N–H and O–H groups in total. The maximum Gasteiger partial charge on any atom is 0.158 e. The maximum absolute atomic E-state index is 7.86. The molecule has 3 saturated carbocycles. The first-order valence-electron chi connectivity index (χ1n) is 18.1. The van der Waals surface area contributed by atoms with Crippen LogP contribution in [0.15, 0.2) is 11.6 Å². The predicted molar refractivity (Wildman–Crippen MR) is 194 cm³/mol. The van der Waals surface area contributed by atoms with Gasteiger partial charge in [0.25, 0.3) is 0 Å². The van der Waals surface area contributed by atoms with Gasteiger partial charge in [0.05, 0.1) is 22.8 Å². The Morgan fingerprint density at radius 1 is 0.780 bits per heavy atom. The van der Waals surface area contributed by atoms with E-state index in [0.29, 0.717) is 16.9 Å². The molecule has 0 aromatic carbocycles. The molecule has 0 bridgehead atoms. The molecule has 0 aliphatic heterocycles. The SMILES string of the molecule is CC(C)CCC[C@@H](C)[C@H]1CC[C@H]2[C@@H]3CC=C4C[C@@H](O[Si]([Si](C)(C)C)([Si](C)(C)C)[Si](C)(C)C)CC[C@]4(C)[C@H]3CC[C@]12C. The lowest BCUT2D eigenvalue weighted by atomic mass is 9.47. The van der Waals surface area contributed by atoms with Gasteiger partial charge in [-0.25, -0.2) is 0 Å². The molecule has 0 saturated heterocycles. The van der Waals surface area contributed by atoms with Gasteiger partial charge in [0.1, 0.15) is 0 Å². The quantitative estimate of drug-likeness (QED) is 0.172. The fourth-order valence-electron chi connectivity index (χ4n) is 12.9. The summed E-state index contributed by atoms with van der Waals surface area (Å²) in [5.41, 5.74) is 2.87. The number of hydrogen-bond donors (Lipinski definition) is 0. The Balaban J connectivity index is 1.53. The highest BCUT2D eigenvalue weighted by atomic mass is 29.9. The van der Waals surface area contributed by atoms with Crippen molar-refractivity contribution in [3.63, 3.8) is 0 Å². The van der Waals surface area contributed by atoms with E-state index in [0.717, 1.165) is 35.5 Å². The molecule has 4 aliphatic carbocycles. The molecule has 4 rings (SSSR count). The van der Waals surface area contributed by atoms with Crippen molar-refractivity contribution >= 4 is 29.6 Å². The molecule has 0 amide bonds. The van der Waals surface area contributed by atoms with Crippen LogP contribution in [-0.2, 0) is 4.43 Å². The highest BCUT2D eigenvalue weighted by molar-refractivity contribution is 7.87. The first-order chi connectivity index (χ1) is 18.7. The van der Waals surface area contributed by atoms with Crippen LogP contribution >= 0.6 is 0 Å². The van der Waals surface area contributed by atoms with Gasteiger partial charge in [0, 0.05) is 6.10 Å². The zero-order valence-corrected chi connectivity index (χ0v) is 34.3. The van der Waals surface area contributed by atoms with E-state index < -0.39 is 29.6 Å². The summed E-state index contributed by atoms with van der Waals surface area (Å²) in [6.07, 6.45) is 19.0. The maximum atomic E-state index is 7.86. The average molecular weight is 633 g/mol. The van der Waals surface area contributed by atoms with Gasteiger partial charge in [0.2, 0.25) is 0 Å². The molecular weight excluding hydrogens is 561 g/mol. The van der Waals surface area contributed by atoms with E-state index >= 15 is 0 Å². The summed E-state index contributed by atoms with van der Waals surface area (Å²) in [6, 6.07) is 0. The Kier molecular flexibility index (Phi) is 9.86. The number of hydrogen-bond acceptors (Lipinski definition) is 1. The molecule has 0 aromatic rings. The van der Waals surface area contributed by atoms with Crippen molar-refractivity contribution in [3.8, 4) is 0 Å². The van der Waals surface area contributed by atoms with Crippen LogP contribution in [-0.4, -0.2) is 35.7 Å². The third kappa shape index (κ3) is 5.97. The van der Waals surface area contributed by atoms with E-state index in [4.69, 9.17) is 4.43 Å². The van der Waals surface area contributed by atoms with Gasteiger partial charge >= 0.3 is 0 Å². The van der Waals surface area contributed by atoms with Crippen molar-refractivity contribution in [1.82, 2.24) is 0 Å². The highest BCUT2D eigenvalue weighted by Gasteiger charge is 2.65. The second-order valence-corrected chi connectivity index (χ2v) is 59.1. The van der Waals surface area contributed by atoms with E-state index in [-0.39, 0.29) is 0 Å². The van der Waals surface area contributed by atoms with Crippen LogP contribution in [0, 0.1) is 46.3 Å². The van der Waals surface area contributed by atoms with Crippen LogP contribution in [0.25, 0.3) is 0 Å². The van der Waals surface area contributed by atoms with Crippen LogP contribution in [0.4, 0.5) is 0 Å². The fourth-order valence-corrected chi connectivity index (χ4v) is 107. The largest absolute Gasteiger partial charge is 0.423 e. The van der Waals surface area contributed by atoms with Gasteiger partial charge in [0.15, 0.2) is 6.87 Å². The summed E-state index contributed by atoms with van der Waals surface area (Å²) < 4.78 is 7.86. The molecule has 41 heavy (non-hydrogen) atoms. The molecule has 5 heteroatoms. The molecule has 4 aliphatic rings. The van der Waals surface area contributed by atoms with E-state index in [1.54, 1.807) is 0 Å². The topological polar surface area (TPSA) is 9.23 Å². The summed E-state index contributed by atoms with van der Waals surface area (Å²) in [6.45, 7) is 35.3. The summed E-state index contributed by atoms with van der Waals surface area (Å²) in [5, 5.41) is 0. The van der Waals surface area contributed by atoms with Gasteiger partial charge in [-0.15, -0.1) is 0 Å². The van der Waals surface area contributed by atoms with Gasteiger partial charge in [-0.1, -0.05) is 124 Å². The highest BCUT2D eigenvalue weighted by Crippen LogP contribution is 2.67. The lowest BCUT2D eigenvalue weighted by Crippen LogP contribution is -2.85. The summed E-state index contributed by atoms with van der Waals surface area (Å²) >= 11 is 0. The Bertz CT molecular complexity index is 916. The molecular formula is C36H72OSi4. The van der Waals surface area contributed by atoms with Crippen LogP contribution in [0.1, 0.15) is 105 Å². The Labute approximate surface area is 261 Å². The second-order valence-electron chi connectivity index (χ2n) is 19.7. The van der Waals surface area contributed by atoms with Crippen LogP contribution in [0.3, 0.4) is 0 Å². The molecule has 3 fully saturated rings. The van der Waals surface area contributed by atoms with Gasteiger partial charge in [-0.2, -0.15) is 0 Å². The number of rotatable bonds is 10. The van der Waals surface area contributed by atoms with E-state index in [9.17, 15) is 0 Å². The van der Waals surface area contributed by atoms with Crippen molar-refractivity contribution in [3.05, 3.63) is 11.6 Å². The summed E-state index contributed by atoms with van der Waals surface area (Å²) in [7, 11) is -4.24. The van der Waals surface area contributed by atoms with Crippen LogP contribution < -0.4 is 0 Å². The van der Waals surface area contributed by atoms with E-state index in [1.165, 1.54) is 70.6 Å². The van der Waals surface area contributed by atoms with E-state index in [1.807, 2.05) is 5.57 Å². The third-order valence-corrected chi connectivity index (χ3v) is 81.4. The molecule has 0 aromatic heterocycles. The Morgan fingerprint density at radius 3 is 1.95 bits per heavy atom. The Morgan fingerprint density at radius 2 is 1.39 bits per heavy atom. The number of allylic oxidation sites excluding steroid dienone is 1. The van der Waals surface area contributed by atoms with Crippen molar-refractivity contribution in [1.29, 1.82) is 0 Å². The molecule has 0 radical (unpaired) electrons. The summed E-state index contributed by atoms with van der Waals surface area (Å²) in [5.74, 6) is 5.55. The Hall–Kier alpha value is 0.568. The first kappa shape index (κ1) is 34.4. The average Bonchev–Trinajstić information content (AvgIpc) is 3.17. The second kappa shape index (κ2) is 11.7. The summed E-state index contributed by atoms with van der Waals surface area (Å²) in [4.78, 5) is 0. The van der Waals surface area contributed by atoms with Crippen molar-refractivity contribution < 1.29 is 4.43 Å². The zero-order valence-electron chi connectivity index (χ0n) is 30.3. The molecule has 1 nitrogen and oxygen atoms in total. The van der Waals surface area contributed by atoms with Crippen molar-refractivity contribution in [2.24, 2.45) is 46.3 Å². The van der Waals surface area contributed by atoms with Gasteiger partial charge < -0.3 is 4.43 Å². The van der Waals surface area contributed by atoms with Crippen molar-refractivity contribution in [2.75, 3.05) is 0 Å². The van der Waals surface area contributed by atoms with Gasteiger partial charge in [-0.3, -0.25) is 0 Å². The minimum Gasteiger partial charge on any atom is -0.423 e. The van der Waals surface area contributed by atoms with E-state index in [2.05, 4.69) is 99.6 Å². The smallest absolute Gasteiger partial charge is 0.158 e. The predicted octanol–water partition coefficient (Wildman–Crippen LogP) is 11.6. The van der Waals surface area contributed by atoms with Gasteiger partial charge in [-0.05, 0) is 97.7 Å². The molecule has 0 heterocycles. The molecule has 0 spiro atoms. The monoisotopic (exact) mass is 632 g/mol. The normalized spacial score (nSPS) is 37.3. The standard InChI is InChI=1S/C36H72OSi4/c1-27(2)16-15-17-28(3)32-20-21-33-31-19-18-29-26-30(22-24-35(29,4)34(31)23-25-36(32,33)5)37-41(38(6,7)8,39(9,10)11)40(12,13)14/h18,27-28,30-34H,15-17,19-26H2,1-14H3/t28-,30+,31+,32-,33+,34+,35+,36-/m1/s1. The van der Waals surface area contributed by atoms with Crippen LogP contribution in [0.2, 0.25) is 58.9 Å². The first-order valence-corrected chi connectivity index (χ1v) is 33.5. The molecule has 238 valence electrons. The minimum absolute atomic E-state index is 0.437. The third-order valence-electron chi connectivity index (χ3n) is 13.8. The molecule has 8 atom stereocenters. The zero-order chi connectivity index (χ0) is 30.8. The minimum atomic E-state index is -1.78. The number of fused-ring (bicyclic) bond motifs is 5. The molecule has 0 unspecified atom stereocenters. The lowest BCUT2D eigenvalue weighted by molar-refractivity contribution is -0.0559. The lowest BCUT2D eigenvalue weighted by Gasteiger charge is -2.61. The van der Waals surface area contributed by atoms with Crippen molar-refractivity contribution in [2.45, 2.75) is 170 Å². The fraction of sp³-hybridized carbons (Fsp3) is 0.944. The van der Waals surface area contributed by atoms with Crippen LogP contribution in [0.5, 0.6) is 0 Å².